The Balaban J connectivity index is 1.42. The van der Waals surface area contributed by atoms with E-state index in [9.17, 15) is 4.79 Å². The molecule has 3 aliphatic heterocycles. The summed E-state index contributed by atoms with van der Waals surface area (Å²) in [6.07, 6.45) is 5.13. The highest BCUT2D eigenvalue weighted by atomic mass is 16.6. The zero-order valence-corrected chi connectivity index (χ0v) is 18.2. The molecule has 164 valence electrons. The van der Waals surface area contributed by atoms with Crippen LogP contribution >= 0.6 is 0 Å². The fourth-order valence-electron chi connectivity index (χ4n) is 5.41. The summed E-state index contributed by atoms with van der Waals surface area (Å²) in [5, 5.41) is 0. The van der Waals surface area contributed by atoms with Crippen molar-refractivity contribution in [2.45, 2.75) is 76.0 Å². The van der Waals surface area contributed by atoms with Gasteiger partial charge in [-0.2, -0.15) is 0 Å². The molecule has 4 aliphatic rings. The summed E-state index contributed by atoms with van der Waals surface area (Å²) in [5.74, 6) is 0.561. The number of likely N-dealkylation sites (tertiary alicyclic amines) is 1. The van der Waals surface area contributed by atoms with Gasteiger partial charge in [-0.25, -0.2) is 4.79 Å². The summed E-state index contributed by atoms with van der Waals surface area (Å²) in [6.45, 7) is 9.25. The van der Waals surface area contributed by atoms with Gasteiger partial charge in [-0.15, -0.1) is 0 Å². The summed E-state index contributed by atoms with van der Waals surface area (Å²) < 4.78 is 24.0. The number of carbonyl (C=O) groups excluding carboxylic acids is 1. The zero-order valence-electron chi connectivity index (χ0n) is 18.2. The van der Waals surface area contributed by atoms with E-state index in [0.29, 0.717) is 12.5 Å². The van der Waals surface area contributed by atoms with Gasteiger partial charge in [0.05, 0.1) is 18.6 Å². The minimum atomic E-state index is -0.308. The van der Waals surface area contributed by atoms with Crippen LogP contribution in [0.2, 0.25) is 0 Å². The third-order valence-corrected chi connectivity index (χ3v) is 7.28. The monoisotopic (exact) mass is 408 g/mol. The molecule has 4 fully saturated rings. The van der Waals surface area contributed by atoms with Crippen LogP contribution in [0.4, 0.5) is 4.79 Å². The van der Waals surface area contributed by atoms with Gasteiger partial charge in [0.25, 0.3) is 0 Å². The molecule has 29 heavy (non-hydrogen) atoms. The van der Waals surface area contributed by atoms with Gasteiger partial charge in [-0.05, 0) is 58.9 Å². The Bertz CT molecular complexity index is 654. The first kappa shape index (κ1) is 21.1. The average molecular weight is 409 g/mol. The van der Waals surface area contributed by atoms with Crippen molar-refractivity contribution in [1.29, 1.82) is 0 Å². The van der Waals surface area contributed by atoms with Crippen LogP contribution < -0.4 is 5.73 Å². The number of ether oxygens (including phenoxy) is 4. The molecular formula is C22H36N2O5. The molecule has 0 radical (unpaired) electrons. The third-order valence-electron chi connectivity index (χ3n) is 7.28. The van der Waals surface area contributed by atoms with Gasteiger partial charge >= 0.3 is 6.09 Å². The molecule has 0 aromatic rings. The molecule has 0 aromatic carbocycles. The lowest BCUT2D eigenvalue weighted by Crippen LogP contribution is -2.57. The number of methoxy groups -OCH3 is 1. The van der Waals surface area contributed by atoms with Gasteiger partial charge in [0, 0.05) is 20.2 Å². The Morgan fingerprint density at radius 2 is 2.07 bits per heavy atom. The van der Waals surface area contributed by atoms with Crippen molar-refractivity contribution in [1.82, 2.24) is 4.90 Å². The quantitative estimate of drug-likeness (QED) is 0.514. The lowest BCUT2D eigenvalue weighted by Gasteiger charge is -2.44. The highest BCUT2D eigenvalue weighted by Gasteiger charge is 2.72. The maximum absolute atomic E-state index is 12.6. The number of amides is 1. The Morgan fingerprint density at radius 1 is 1.34 bits per heavy atom. The molecule has 1 aliphatic carbocycles. The molecule has 2 N–H and O–H groups in total. The average Bonchev–Trinajstić information content (AvgIpc) is 3.55. The molecule has 1 amide bonds. The predicted octanol–water partition coefficient (Wildman–Crippen LogP) is 2.48. The maximum Gasteiger partial charge on any atom is 0.410 e. The zero-order chi connectivity index (χ0) is 20.8. The Labute approximate surface area is 173 Å². The van der Waals surface area contributed by atoms with Crippen molar-refractivity contribution in [3.05, 3.63) is 11.6 Å². The number of carbonyl (C=O) groups is 1. The van der Waals surface area contributed by atoms with E-state index >= 15 is 0 Å². The molecule has 7 nitrogen and oxygen atoms in total. The topological polar surface area (TPSA) is 89.9 Å². The first-order chi connectivity index (χ1) is 13.8. The van der Waals surface area contributed by atoms with E-state index < -0.39 is 0 Å². The Kier molecular flexibility index (Phi) is 5.70. The Morgan fingerprint density at radius 3 is 2.66 bits per heavy atom. The lowest BCUT2D eigenvalue weighted by atomic mass is 9.68. The summed E-state index contributed by atoms with van der Waals surface area (Å²) in [7, 11) is 1.71. The fraction of sp³-hybridized carbons (Fsp3) is 0.864. The normalized spacial score (nSPS) is 41.1. The van der Waals surface area contributed by atoms with E-state index in [1.54, 1.807) is 12.0 Å². The van der Waals surface area contributed by atoms with Crippen molar-refractivity contribution < 1.29 is 23.7 Å². The van der Waals surface area contributed by atoms with Crippen molar-refractivity contribution in [2.24, 2.45) is 17.6 Å². The highest BCUT2D eigenvalue weighted by molar-refractivity contribution is 5.69. The summed E-state index contributed by atoms with van der Waals surface area (Å²) in [5.41, 5.74) is 6.40. The van der Waals surface area contributed by atoms with Gasteiger partial charge < -0.3 is 29.6 Å². The van der Waals surface area contributed by atoms with Crippen molar-refractivity contribution >= 4 is 6.09 Å². The molecule has 7 heteroatoms. The van der Waals surface area contributed by atoms with Gasteiger partial charge in [-0.1, -0.05) is 11.6 Å². The molecule has 3 saturated heterocycles. The molecule has 0 bridgehead atoms. The summed E-state index contributed by atoms with van der Waals surface area (Å²) in [4.78, 5) is 14.4. The van der Waals surface area contributed by atoms with E-state index in [-0.39, 0.29) is 41.5 Å². The van der Waals surface area contributed by atoms with Crippen LogP contribution in [-0.2, 0) is 18.9 Å². The van der Waals surface area contributed by atoms with Crippen LogP contribution in [0, 0.1) is 11.8 Å². The van der Waals surface area contributed by atoms with E-state index in [0.717, 1.165) is 45.4 Å². The summed E-state index contributed by atoms with van der Waals surface area (Å²) >= 11 is 0. The number of nitrogens with two attached hydrogens (primary N) is 1. The second-order valence-corrected chi connectivity index (χ2v) is 9.65. The van der Waals surface area contributed by atoms with Crippen molar-refractivity contribution in [3.8, 4) is 0 Å². The minimum Gasteiger partial charge on any atom is -0.443 e. The number of allylic oxidation sites excluding steroid dienone is 1. The van der Waals surface area contributed by atoms with E-state index in [1.165, 1.54) is 5.57 Å². The number of hydrogen-bond acceptors (Lipinski definition) is 6. The maximum atomic E-state index is 12.6. The van der Waals surface area contributed by atoms with Gasteiger partial charge in [-0.3, -0.25) is 0 Å². The van der Waals surface area contributed by atoms with Gasteiger partial charge in [0.15, 0.2) is 0 Å². The molecule has 1 unspecified atom stereocenters. The number of epoxide rings is 2. The molecular weight excluding hydrogens is 372 g/mol. The van der Waals surface area contributed by atoms with Crippen molar-refractivity contribution in [2.75, 3.05) is 33.4 Å². The van der Waals surface area contributed by atoms with Crippen LogP contribution in [0.1, 0.15) is 46.5 Å². The third kappa shape index (κ3) is 3.94. The SMILES string of the molecule is CO[C@H]1C([C@@]2(C)O[C@@H]2CC=C(C)C)[C@]2(CC[C@H]1OC(=O)N1CC(CCN)C1)CO2. The fourth-order valence-corrected chi connectivity index (χ4v) is 5.41. The van der Waals surface area contributed by atoms with E-state index in [2.05, 4.69) is 26.8 Å². The van der Waals surface area contributed by atoms with E-state index in [1.807, 2.05) is 0 Å². The smallest absolute Gasteiger partial charge is 0.410 e. The number of nitrogens with zero attached hydrogens (tertiary/aromatic N) is 1. The standard InChI is InChI=1S/C22H36N2O5/c1-14(2)5-6-17-21(3,29-17)19-18(26-4)16(7-9-22(19)13-27-22)28-20(25)24-11-15(12-24)8-10-23/h5,15-19H,6-13,23H2,1-4H3/t16-,17-,18-,19?,21+,22+/m1/s1. The molecule has 4 rings (SSSR count). The number of rotatable bonds is 7. The van der Waals surface area contributed by atoms with Gasteiger partial charge in [0.2, 0.25) is 0 Å². The first-order valence-corrected chi connectivity index (χ1v) is 11.0. The van der Waals surface area contributed by atoms with Crippen LogP contribution in [0.15, 0.2) is 11.6 Å². The van der Waals surface area contributed by atoms with Gasteiger partial charge in [0.1, 0.15) is 23.4 Å². The second-order valence-electron chi connectivity index (χ2n) is 9.65. The molecule has 6 atom stereocenters. The highest BCUT2D eigenvalue weighted by Crippen LogP contribution is 2.59. The molecule has 3 heterocycles. The van der Waals surface area contributed by atoms with Crippen LogP contribution in [0.3, 0.4) is 0 Å². The van der Waals surface area contributed by atoms with Crippen LogP contribution in [0.25, 0.3) is 0 Å². The second kappa shape index (κ2) is 7.84. The minimum absolute atomic E-state index is 0.0588. The molecule has 1 spiro atoms. The first-order valence-electron chi connectivity index (χ1n) is 11.0. The predicted molar refractivity (Wildman–Crippen MR) is 109 cm³/mol. The number of hydrogen-bond donors (Lipinski definition) is 1. The van der Waals surface area contributed by atoms with E-state index in [4.69, 9.17) is 24.7 Å². The Hall–Kier alpha value is -1.15. The van der Waals surface area contributed by atoms with Crippen LogP contribution in [-0.4, -0.2) is 73.9 Å². The van der Waals surface area contributed by atoms with Crippen LogP contribution in [0.5, 0.6) is 0 Å². The molecule has 1 saturated carbocycles. The van der Waals surface area contributed by atoms with Crippen molar-refractivity contribution in [3.63, 3.8) is 0 Å². The lowest BCUT2D eigenvalue weighted by molar-refractivity contribution is -0.124. The largest absolute Gasteiger partial charge is 0.443 e. The summed E-state index contributed by atoms with van der Waals surface area (Å²) in [6, 6.07) is 0. The molecule has 0 aromatic heterocycles.